The van der Waals surface area contributed by atoms with E-state index in [1.807, 2.05) is 51.1 Å². The van der Waals surface area contributed by atoms with Crippen LogP contribution in [0.2, 0.25) is 0 Å². The number of aliphatic hydroxyl groups excluding tert-OH is 1. The number of hydrogen-bond donors (Lipinski definition) is 1. The summed E-state index contributed by atoms with van der Waals surface area (Å²) in [7, 11) is 0. The lowest BCUT2D eigenvalue weighted by Crippen LogP contribution is -2.71. The van der Waals surface area contributed by atoms with Gasteiger partial charge in [-0.2, -0.15) is 0 Å². The molecule has 11 heteroatoms. The van der Waals surface area contributed by atoms with Crippen LogP contribution >= 0.6 is 0 Å². The number of benzene rings is 1. The lowest BCUT2D eigenvalue weighted by atomic mass is 9.42. The summed E-state index contributed by atoms with van der Waals surface area (Å²) in [6.45, 7) is 8.33. The maximum absolute atomic E-state index is 13.6. The number of carbonyl (C=O) groups is 3. The van der Waals surface area contributed by atoms with E-state index < -0.39 is 70.1 Å². The molecule has 2 saturated carbocycles. The molecule has 1 aromatic carbocycles. The number of aromatic nitrogens is 1. The number of fused-ring (bicyclic) bond motifs is 4. The fourth-order valence-electron chi connectivity index (χ4n) is 8.95. The normalized spacial score (nSPS) is 31.6. The van der Waals surface area contributed by atoms with Crippen molar-refractivity contribution in [3.05, 3.63) is 82.5 Å². The smallest absolute Gasteiger partial charge is 0.345 e. The van der Waals surface area contributed by atoms with Crippen LogP contribution in [0.15, 0.2) is 70.1 Å². The zero-order chi connectivity index (χ0) is 35.1. The summed E-state index contributed by atoms with van der Waals surface area (Å²) in [5, 5.41) is 12.3. The van der Waals surface area contributed by atoms with Crippen LogP contribution in [0.4, 0.5) is 0 Å². The van der Waals surface area contributed by atoms with Gasteiger partial charge in [0, 0.05) is 55.6 Å². The summed E-state index contributed by atoms with van der Waals surface area (Å²) in [4.78, 5) is 55.8. The number of pyridine rings is 1. The van der Waals surface area contributed by atoms with Gasteiger partial charge < -0.3 is 28.5 Å². The first-order chi connectivity index (χ1) is 23.3. The van der Waals surface area contributed by atoms with Gasteiger partial charge >= 0.3 is 23.5 Å². The molecule has 49 heavy (non-hydrogen) atoms. The van der Waals surface area contributed by atoms with Gasteiger partial charge in [-0.3, -0.25) is 19.4 Å². The third kappa shape index (κ3) is 6.24. The van der Waals surface area contributed by atoms with Crippen molar-refractivity contribution >= 4 is 17.9 Å². The van der Waals surface area contributed by atoms with Gasteiger partial charge in [0.15, 0.2) is 0 Å². The van der Waals surface area contributed by atoms with Crippen molar-refractivity contribution in [3.8, 4) is 17.1 Å². The first-order valence-corrected chi connectivity index (χ1v) is 16.8. The van der Waals surface area contributed by atoms with Crippen molar-refractivity contribution < 1.29 is 42.9 Å². The van der Waals surface area contributed by atoms with E-state index in [0.29, 0.717) is 24.8 Å². The molecule has 0 radical (unpaired) electrons. The number of nitrogens with zero attached hydrogens (tertiary/aromatic N) is 1. The molecule has 0 spiro atoms. The molecule has 11 nitrogen and oxygen atoms in total. The molecule has 2 fully saturated rings. The molecule has 3 unspecified atom stereocenters. The largest absolute Gasteiger partial charge is 0.482 e. The van der Waals surface area contributed by atoms with Crippen LogP contribution in [0.3, 0.4) is 0 Å². The fourth-order valence-corrected chi connectivity index (χ4v) is 8.95. The van der Waals surface area contributed by atoms with E-state index in [2.05, 4.69) is 4.98 Å². The molecule has 1 N–H and O–H groups in total. The Balaban J connectivity index is 1.45. The summed E-state index contributed by atoms with van der Waals surface area (Å²) in [6, 6.07) is 14.6. The van der Waals surface area contributed by atoms with Crippen LogP contribution < -0.4 is 10.4 Å². The molecule has 3 heterocycles. The van der Waals surface area contributed by atoms with E-state index in [-0.39, 0.29) is 36.5 Å². The molecule has 3 aliphatic rings. The average Bonchev–Trinajstić information content (AvgIpc) is 3.05. The van der Waals surface area contributed by atoms with Crippen LogP contribution in [-0.4, -0.2) is 52.4 Å². The summed E-state index contributed by atoms with van der Waals surface area (Å²) in [5.74, 6) is -2.23. The monoisotopic (exact) mass is 673 g/mol. The second kappa shape index (κ2) is 13.1. The highest BCUT2D eigenvalue weighted by atomic mass is 16.6. The lowest BCUT2D eigenvalue weighted by Gasteiger charge is -2.66. The molecule has 3 aromatic rings. The Labute approximate surface area is 284 Å². The highest BCUT2D eigenvalue weighted by Gasteiger charge is 2.71. The summed E-state index contributed by atoms with van der Waals surface area (Å²) in [5.41, 5.74) is -2.22. The lowest BCUT2D eigenvalue weighted by molar-refractivity contribution is -0.271. The Kier molecular flexibility index (Phi) is 9.17. The predicted molar refractivity (Wildman–Crippen MR) is 176 cm³/mol. The topological polar surface area (TPSA) is 151 Å². The van der Waals surface area contributed by atoms with Gasteiger partial charge in [0.05, 0.1) is 6.10 Å². The Morgan fingerprint density at radius 1 is 1.00 bits per heavy atom. The molecule has 6 rings (SSSR count). The number of esters is 3. The summed E-state index contributed by atoms with van der Waals surface area (Å²) >= 11 is 0. The zero-order valence-electron chi connectivity index (χ0n) is 28.5. The first kappa shape index (κ1) is 34.4. The SMILES string of the molecule is CC(=O)OC[C@@]1(C)C2C[C@H](OC(=O)CCc3ccccc3)[C@@]3(C)Oc4cc(-c5cccnc5)oc(=O)c4C(O)C3[C@@]2(C)CC[C@@H]1OC(C)=O. The molecule has 8 atom stereocenters. The van der Waals surface area contributed by atoms with Gasteiger partial charge in [-0.05, 0) is 61.6 Å². The maximum Gasteiger partial charge on any atom is 0.345 e. The Morgan fingerprint density at radius 3 is 2.43 bits per heavy atom. The molecule has 2 aromatic heterocycles. The second-order valence-corrected chi connectivity index (χ2v) is 14.3. The molecule has 1 aliphatic heterocycles. The maximum atomic E-state index is 13.6. The molecule has 260 valence electrons. The Bertz CT molecular complexity index is 1780. The van der Waals surface area contributed by atoms with Gasteiger partial charge in [0.2, 0.25) is 0 Å². The van der Waals surface area contributed by atoms with E-state index in [4.69, 9.17) is 23.4 Å². The summed E-state index contributed by atoms with van der Waals surface area (Å²) < 4.78 is 30.3. The van der Waals surface area contributed by atoms with Crippen LogP contribution in [0.5, 0.6) is 5.75 Å². The molecule has 0 bridgehead atoms. The standard InChI is InChI=1S/C38H43NO10/c1-22(40)45-21-37(4)28-19-30(48-31(42)14-13-24-10-7-6-8-11-24)38(5)34(36(28,3)16-15-29(37)46-23(2)41)33(43)32-27(49-38)18-26(47-35(32)44)25-12-9-17-39-20-25/h6-12,17-18,20,28-30,33-34,43H,13-16,19,21H2,1-5H3/t28?,29-,30-,33?,34?,36-,37-,38+/m0/s1. The van der Waals surface area contributed by atoms with E-state index in [1.54, 1.807) is 30.6 Å². The number of ether oxygens (including phenoxy) is 4. The van der Waals surface area contributed by atoms with Crippen molar-refractivity contribution in [2.24, 2.45) is 22.7 Å². The highest BCUT2D eigenvalue weighted by molar-refractivity contribution is 5.70. The van der Waals surface area contributed by atoms with E-state index >= 15 is 0 Å². The number of rotatable bonds is 8. The van der Waals surface area contributed by atoms with Gasteiger partial charge in [0.25, 0.3) is 0 Å². The van der Waals surface area contributed by atoms with Gasteiger partial charge in [-0.25, -0.2) is 4.79 Å². The molecule has 0 amide bonds. The Morgan fingerprint density at radius 2 is 1.76 bits per heavy atom. The highest BCUT2D eigenvalue weighted by Crippen LogP contribution is 2.67. The summed E-state index contributed by atoms with van der Waals surface area (Å²) in [6.07, 6.45) is 2.00. The quantitative estimate of drug-likeness (QED) is 0.243. The van der Waals surface area contributed by atoms with E-state index in [1.165, 1.54) is 13.8 Å². The number of hydrogen-bond acceptors (Lipinski definition) is 11. The van der Waals surface area contributed by atoms with Crippen LogP contribution in [-0.2, 0) is 35.0 Å². The van der Waals surface area contributed by atoms with Gasteiger partial charge in [0.1, 0.15) is 41.5 Å². The number of aryl methyl sites for hydroxylation is 1. The van der Waals surface area contributed by atoms with Crippen molar-refractivity contribution in [2.45, 2.75) is 90.6 Å². The third-order valence-corrected chi connectivity index (χ3v) is 11.2. The zero-order valence-corrected chi connectivity index (χ0v) is 28.5. The second-order valence-electron chi connectivity index (χ2n) is 14.3. The van der Waals surface area contributed by atoms with E-state index in [9.17, 15) is 24.3 Å². The van der Waals surface area contributed by atoms with E-state index in [0.717, 1.165) is 5.56 Å². The molecular weight excluding hydrogens is 630 g/mol. The molecular formula is C38H43NO10. The number of carbonyl (C=O) groups excluding carboxylic acids is 3. The third-order valence-electron chi connectivity index (χ3n) is 11.2. The van der Waals surface area contributed by atoms with Gasteiger partial charge in [-0.1, -0.05) is 44.2 Å². The minimum absolute atomic E-state index is 0.0186. The minimum Gasteiger partial charge on any atom is -0.482 e. The van der Waals surface area contributed by atoms with Crippen molar-refractivity contribution in [1.29, 1.82) is 0 Å². The first-order valence-electron chi connectivity index (χ1n) is 16.8. The average molecular weight is 674 g/mol. The molecule has 2 aliphatic carbocycles. The number of aliphatic hydroxyl groups is 1. The van der Waals surface area contributed by atoms with Crippen LogP contribution in [0.1, 0.15) is 77.5 Å². The minimum atomic E-state index is -1.37. The predicted octanol–water partition coefficient (Wildman–Crippen LogP) is 5.37. The van der Waals surface area contributed by atoms with Crippen LogP contribution in [0, 0.1) is 22.7 Å². The fraction of sp³-hybridized carbons (Fsp3) is 0.500. The van der Waals surface area contributed by atoms with Crippen molar-refractivity contribution in [2.75, 3.05) is 6.61 Å². The Hall–Kier alpha value is -4.51. The van der Waals surface area contributed by atoms with Crippen molar-refractivity contribution in [1.82, 2.24) is 4.98 Å². The van der Waals surface area contributed by atoms with Crippen LogP contribution in [0.25, 0.3) is 11.3 Å². The van der Waals surface area contributed by atoms with Gasteiger partial charge in [-0.15, -0.1) is 0 Å². The van der Waals surface area contributed by atoms with Crippen molar-refractivity contribution in [3.63, 3.8) is 0 Å². The molecule has 0 saturated heterocycles.